The van der Waals surface area contributed by atoms with E-state index >= 15 is 0 Å². The van der Waals surface area contributed by atoms with Crippen molar-refractivity contribution in [2.45, 2.75) is 38.9 Å². The molecule has 2 saturated heterocycles. The van der Waals surface area contributed by atoms with Crippen molar-refractivity contribution in [3.05, 3.63) is 29.8 Å². The Kier molecular flexibility index (Phi) is 8.53. The summed E-state index contributed by atoms with van der Waals surface area (Å²) in [6.45, 7) is 8.67. The lowest BCUT2D eigenvalue weighted by Crippen LogP contribution is -2.48. The molecule has 2 N–H and O–H groups in total. The number of amides is 2. The molecule has 2 unspecified atom stereocenters. The standard InChI is InChI=1S/C24H35N3O5/c1-17-13-26(14-18(2)32-17)15-20-8-10-27(11-9-20)24(29)7-5-19-4-6-21(22(12-19)30-3)31-16-23(25)28/h4-7,12,17-18,20H,8-11,13-16H2,1-3H3,(H2,25,28)/b7-5+. The second-order valence-electron chi connectivity index (χ2n) is 8.74. The Morgan fingerprint density at radius 3 is 2.47 bits per heavy atom. The number of methoxy groups -OCH3 is 1. The highest BCUT2D eigenvalue weighted by molar-refractivity contribution is 5.92. The summed E-state index contributed by atoms with van der Waals surface area (Å²) in [5, 5.41) is 0. The van der Waals surface area contributed by atoms with Gasteiger partial charge in [0.25, 0.3) is 5.91 Å². The van der Waals surface area contributed by atoms with Crippen LogP contribution in [-0.2, 0) is 14.3 Å². The quantitative estimate of drug-likeness (QED) is 0.615. The van der Waals surface area contributed by atoms with Crippen molar-refractivity contribution in [1.29, 1.82) is 0 Å². The fourth-order valence-electron chi connectivity index (χ4n) is 4.46. The highest BCUT2D eigenvalue weighted by Gasteiger charge is 2.27. The number of nitrogens with two attached hydrogens (primary N) is 1. The van der Waals surface area contributed by atoms with E-state index in [2.05, 4.69) is 18.7 Å². The first-order chi connectivity index (χ1) is 15.3. The number of benzene rings is 1. The molecule has 2 fully saturated rings. The number of morpholine rings is 1. The third-order valence-electron chi connectivity index (χ3n) is 5.91. The third-order valence-corrected chi connectivity index (χ3v) is 5.91. The van der Waals surface area contributed by atoms with Gasteiger partial charge in [-0.1, -0.05) is 6.07 Å². The number of nitrogens with zero attached hydrogens (tertiary/aromatic N) is 2. The summed E-state index contributed by atoms with van der Waals surface area (Å²) >= 11 is 0. The van der Waals surface area contributed by atoms with E-state index in [9.17, 15) is 9.59 Å². The van der Waals surface area contributed by atoms with Gasteiger partial charge in [0.2, 0.25) is 5.91 Å². The molecule has 32 heavy (non-hydrogen) atoms. The van der Waals surface area contributed by atoms with E-state index in [0.717, 1.165) is 51.1 Å². The van der Waals surface area contributed by atoms with Crippen molar-refractivity contribution >= 4 is 17.9 Å². The molecule has 0 aromatic heterocycles. The smallest absolute Gasteiger partial charge is 0.255 e. The van der Waals surface area contributed by atoms with Crippen molar-refractivity contribution < 1.29 is 23.8 Å². The van der Waals surface area contributed by atoms with Gasteiger partial charge in [0.05, 0.1) is 19.3 Å². The summed E-state index contributed by atoms with van der Waals surface area (Å²) in [5.74, 6) is 0.997. The zero-order valence-corrected chi connectivity index (χ0v) is 19.3. The molecule has 2 aliphatic heterocycles. The molecular formula is C24H35N3O5. The molecule has 1 aromatic rings. The lowest BCUT2D eigenvalue weighted by Gasteiger charge is -2.39. The Hall–Kier alpha value is -2.58. The summed E-state index contributed by atoms with van der Waals surface area (Å²) in [7, 11) is 1.52. The fraction of sp³-hybridized carbons (Fsp3) is 0.583. The predicted molar refractivity (Wildman–Crippen MR) is 122 cm³/mol. The fourth-order valence-corrected chi connectivity index (χ4v) is 4.46. The molecule has 1 aromatic carbocycles. The number of primary amides is 1. The maximum absolute atomic E-state index is 12.7. The van der Waals surface area contributed by atoms with E-state index < -0.39 is 5.91 Å². The van der Waals surface area contributed by atoms with E-state index in [1.54, 1.807) is 30.4 Å². The van der Waals surface area contributed by atoms with Crippen LogP contribution >= 0.6 is 0 Å². The minimum atomic E-state index is -0.556. The Labute approximate surface area is 190 Å². The highest BCUT2D eigenvalue weighted by atomic mass is 16.5. The van der Waals surface area contributed by atoms with Crippen molar-refractivity contribution in [3.63, 3.8) is 0 Å². The van der Waals surface area contributed by atoms with E-state index in [0.29, 0.717) is 17.4 Å². The zero-order valence-electron chi connectivity index (χ0n) is 19.3. The molecule has 2 aliphatic rings. The number of piperidine rings is 1. The highest BCUT2D eigenvalue weighted by Crippen LogP contribution is 2.28. The van der Waals surface area contributed by atoms with Gasteiger partial charge in [-0.05, 0) is 56.4 Å². The van der Waals surface area contributed by atoms with Gasteiger partial charge in [0.15, 0.2) is 18.1 Å². The molecule has 8 nitrogen and oxygen atoms in total. The molecule has 0 aliphatic carbocycles. The predicted octanol–water partition coefficient (Wildman–Crippen LogP) is 1.92. The SMILES string of the molecule is COc1cc(/C=C/C(=O)N2CCC(CN3CC(C)OC(C)C3)CC2)ccc1OCC(N)=O. The average Bonchev–Trinajstić information content (AvgIpc) is 2.76. The van der Waals surface area contributed by atoms with Gasteiger partial charge in [-0.3, -0.25) is 14.5 Å². The van der Waals surface area contributed by atoms with Crippen molar-refractivity contribution in [3.8, 4) is 11.5 Å². The van der Waals surface area contributed by atoms with Crippen LogP contribution in [0.5, 0.6) is 11.5 Å². The van der Waals surface area contributed by atoms with Gasteiger partial charge < -0.3 is 24.8 Å². The zero-order chi connectivity index (χ0) is 23.1. The molecule has 0 spiro atoms. The first kappa shape index (κ1) is 24.1. The van der Waals surface area contributed by atoms with Gasteiger partial charge in [0, 0.05) is 38.8 Å². The molecule has 0 radical (unpaired) electrons. The number of likely N-dealkylation sites (tertiary alicyclic amines) is 1. The molecule has 2 atom stereocenters. The number of carbonyl (C=O) groups is 2. The van der Waals surface area contributed by atoms with Crippen molar-refractivity contribution in [2.75, 3.05) is 46.4 Å². The van der Waals surface area contributed by atoms with Crippen LogP contribution in [0.3, 0.4) is 0 Å². The van der Waals surface area contributed by atoms with Crippen LogP contribution in [0, 0.1) is 5.92 Å². The number of ether oxygens (including phenoxy) is 3. The lowest BCUT2D eigenvalue weighted by atomic mass is 9.95. The molecule has 176 valence electrons. The van der Waals surface area contributed by atoms with Gasteiger partial charge in [0.1, 0.15) is 0 Å². The molecule has 0 saturated carbocycles. The first-order valence-electron chi connectivity index (χ1n) is 11.3. The monoisotopic (exact) mass is 445 g/mol. The normalized spacial score (nSPS) is 22.8. The Morgan fingerprint density at radius 2 is 1.84 bits per heavy atom. The van der Waals surface area contributed by atoms with Gasteiger partial charge in [-0.15, -0.1) is 0 Å². The Bertz CT molecular complexity index is 810. The lowest BCUT2D eigenvalue weighted by molar-refractivity contribution is -0.127. The minimum Gasteiger partial charge on any atom is -0.493 e. The van der Waals surface area contributed by atoms with E-state index in [4.69, 9.17) is 19.9 Å². The van der Waals surface area contributed by atoms with E-state index in [-0.39, 0.29) is 24.7 Å². The second-order valence-corrected chi connectivity index (χ2v) is 8.74. The van der Waals surface area contributed by atoms with Crippen LogP contribution in [0.2, 0.25) is 0 Å². The molecular weight excluding hydrogens is 410 g/mol. The third kappa shape index (κ3) is 6.97. The summed E-state index contributed by atoms with van der Waals surface area (Å²) < 4.78 is 16.5. The molecule has 8 heteroatoms. The summed E-state index contributed by atoms with van der Waals surface area (Å²) in [6.07, 6.45) is 6.00. The van der Waals surface area contributed by atoms with Crippen LogP contribution in [0.4, 0.5) is 0 Å². The minimum absolute atomic E-state index is 0.0186. The number of hydrogen-bond donors (Lipinski definition) is 1. The number of hydrogen-bond acceptors (Lipinski definition) is 6. The van der Waals surface area contributed by atoms with Gasteiger partial charge >= 0.3 is 0 Å². The molecule has 3 rings (SSSR count). The largest absolute Gasteiger partial charge is 0.493 e. The van der Waals surface area contributed by atoms with Crippen LogP contribution in [0.1, 0.15) is 32.3 Å². The van der Waals surface area contributed by atoms with Crippen LogP contribution < -0.4 is 15.2 Å². The maximum Gasteiger partial charge on any atom is 0.255 e. The van der Waals surface area contributed by atoms with Crippen molar-refractivity contribution in [2.24, 2.45) is 11.7 Å². The molecule has 2 heterocycles. The summed E-state index contributed by atoms with van der Waals surface area (Å²) in [5.41, 5.74) is 5.93. The van der Waals surface area contributed by atoms with Crippen LogP contribution in [0.15, 0.2) is 24.3 Å². The average molecular weight is 446 g/mol. The maximum atomic E-state index is 12.7. The summed E-state index contributed by atoms with van der Waals surface area (Å²) in [6, 6.07) is 5.26. The second kappa shape index (κ2) is 11.3. The molecule has 2 amide bonds. The Morgan fingerprint density at radius 1 is 1.16 bits per heavy atom. The topological polar surface area (TPSA) is 94.3 Å². The van der Waals surface area contributed by atoms with E-state index in [1.807, 2.05) is 4.90 Å². The van der Waals surface area contributed by atoms with Crippen molar-refractivity contribution in [1.82, 2.24) is 9.80 Å². The molecule has 0 bridgehead atoms. The van der Waals surface area contributed by atoms with Crippen LogP contribution in [-0.4, -0.2) is 80.3 Å². The Balaban J connectivity index is 1.48. The first-order valence-corrected chi connectivity index (χ1v) is 11.3. The number of rotatable bonds is 8. The summed E-state index contributed by atoms with van der Waals surface area (Å²) in [4.78, 5) is 28.0. The van der Waals surface area contributed by atoms with Gasteiger partial charge in [-0.25, -0.2) is 0 Å². The number of carbonyl (C=O) groups excluding carboxylic acids is 2. The van der Waals surface area contributed by atoms with Crippen LogP contribution in [0.25, 0.3) is 6.08 Å². The van der Waals surface area contributed by atoms with E-state index in [1.165, 1.54) is 7.11 Å². The van der Waals surface area contributed by atoms with Gasteiger partial charge in [-0.2, -0.15) is 0 Å².